The predicted octanol–water partition coefficient (Wildman–Crippen LogP) is 3.72. The van der Waals surface area contributed by atoms with E-state index in [1.54, 1.807) is 11.0 Å². The summed E-state index contributed by atoms with van der Waals surface area (Å²) in [6, 6.07) is 6.14. The van der Waals surface area contributed by atoms with Crippen molar-refractivity contribution >= 4 is 23.8 Å². The summed E-state index contributed by atoms with van der Waals surface area (Å²) in [4.78, 5) is 27.1. The second-order valence-electron chi connectivity index (χ2n) is 8.22. The fourth-order valence-corrected chi connectivity index (χ4v) is 3.31. The molecule has 0 aromatic heterocycles. The van der Waals surface area contributed by atoms with Gasteiger partial charge in [0.05, 0.1) is 0 Å². The molecule has 0 bridgehead atoms. The van der Waals surface area contributed by atoms with E-state index in [-0.39, 0.29) is 6.09 Å². The highest BCUT2D eigenvalue weighted by atomic mass is 16.6. The van der Waals surface area contributed by atoms with Crippen molar-refractivity contribution in [1.82, 2.24) is 4.90 Å². The van der Waals surface area contributed by atoms with Crippen LogP contribution < -0.4 is 4.90 Å². The molecular weight excluding hydrogens is 344 g/mol. The van der Waals surface area contributed by atoms with E-state index >= 15 is 0 Å². The Hall–Kier alpha value is -2.50. The molecule has 146 valence electrons. The van der Waals surface area contributed by atoms with Gasteiger partial charge in [-0.1, -0.05) is 6.07 Å². The Labute approximate surface area is 160 Å². The Kier molecular flexibility index (Phi) is 5.44. The van der Waals surface area contributed by atoms with Crippen molar-refractivity contribution in [2.45, 2.75) is 45.1 Å². The summed E-state index contributed by atoms with van der Waals surface area (Å²) in [6.07, 6.45) is 4.91. The quantitative estimate of drug-likeness (QED) is 0.816. The van der Waals surface area contributed by atoms with E-state index in [0.717, 1.165) is 18.7 Å². The summed E-state index contributed by atoms with van der Waals surface area (Å²) in [5, 5.41) is 8.83. The van der Waals surface area contributed by atoms with E-state index in [1.165, 1.54) is 30.2 Å². The molecule has 3 rings (SSSR count). The van der Waals surface area contributed by atoms with Crippen LogP contribution in [0.2, 0.25) is 0 Å². The molecule has 6 nitrogen and oxygen atoms in total. The van der Waals surface area contributed by atoms with Crippen LogP contribution >= 0.6 is 0 Å². The van der Waals surface area contributed by atoms with Crippen LogP contribution in [-0.4, -0.2) is 53.8 Å². The molecular formula is C21H28N2O4. The van der Waals surface area contributed by atoms with Crippen molar-refractivity contribution in [2.24, 2.45) is 0 Å². The lowest BCUT2D eigenvalue weighted by molar-refractivity contribution is -0.131. The lowest BCUT2D eigenvalue weighted by Gasteiger charge is -2.37. The molecule has 1 aromatic rings. The highest BCUT2D eigenvalue weighted by molar-refractivity contribution is 5.85. The predicted molar refractivity (Wildman–Crippen MR) is 105 cm³/mol. The molecule has 2 aliphatic rings. The van der Waals surface area contributed by atoms with Crippen molar-refractivity contribution in [3.63, 3.8) is 0 Å². The summed E-state index contributed by atoms with van der Waals surface area (Å²) in [5.74, 6) is -0.382. The molecule has 0 unspecified atom stereocenters. The van der Waals surface area contributed by atoms with Gasteiger partial charge in [-0.25, -0.2) is 9.59 Å². The molecule has 6 heteroatoms. The fourth-order valence-electron chi connectivity index (χ4n) is 3.31. The zero-order valence-corrected chi connectivity index (χ0v) is 16.3. The van der Waals surface area contributed by atoms with Crippen molar-refractivity contribution in [2.75, 3.05) is 31.1 Å². The zero-order chi connectivity index (χ0) is 19.6. The van der Waals surface area contributed by atoms with Crippen LogP contribution in [0.3, 0.4) is 0 Å². The van der Waals surface area contributed by atoms with Gasteiger partial charge in [0.2, 0.25) is 0 Å². The van der Waals surface area contributed by atoms with Crippen molar-refractivity contribution in [1.29, 1.82) is 0 Å². The zero-order valence-electron chi connectivity index (χ0n) is 16.3. The minimum atomic E-state index is -0.940. The maximum atomic E-state index is 12.2. The number of hydrogen-bond acceptors (Lipinski definition) is 4. The first kappa shape index (κ1) is 19.3. The van der Waals surface area contributed by atoms with E-state index in [4.69, 9.17) is 9.84 Å². The lowest BCUT2D eigenvalue weighted by atomic mass is 10.0. The Balaban J connectivity index is 1.69. The van der Waals surface area contributed by atoms with Gasteiger partial charge in [-0.05, 0) is 68.9 Å². The van der Waals surface area contributed by atoms with Crippen molar-refractivity contribution in [3.05, 3.63) is 35.4 Å². The Morgan fingerprint density at radius 3 is 2.37 bits per heavy atom. The monoisotopic (exact) mass is 372 g/mol. The number of amides is 1. The van der Waals surface area contributed by atoms with Crippen LogP contribution in [0.25, 0.3) is 6.08 Å². The van der Waals surface area contributed by atoms with Gasteiger partial charge >= 0.3 is 12.1 Å². The largest absolute Gasteiger partial charge is 0.478 e. The van der Waals surface area contributed by atoms with Gasteiger partial charge in [-0.2, -0.15) is 0 Å². The third-order valence-corrected chi connectivity index (χ3v) is 4.76. The third kappa shape index (κ3) is 5.25. The number of rotatable bonds is 4. The number of carboxylic acid groups (broad SMARTS) is 1. The van der Waals surface area contributed by atoms with Gasteiger partial charge in [0.15, 0.2) is 0 Å². The standard InChI is InChI=1S/C21H28N2O4/c1-21(2,3)27-20(26)23-12-10-22(11-13-23)18-8-4-15(5-9-19(24)25)14-17(18)16-6-7-16/h4-5,8-9,14,16H,6-7,10-13H2,1-3H3,(H,24,25)/b9-5+. The van der Waals surface area contributed by atoms with Gasteiger partial charge < -0.3 is 19.6 Å². The number of hydrogen-bond donors (Lipinski definition) is 1. The number of carbonyl (C=O) groups excluding carboxylic acids is 1. The van der Waals surface area contributed by atoms with Crippen molar-refractivity contribution < 1.29 is 19.4 Å². The summed E-state index contributed by atoms with van der Waals surface area (Å²) in [5.41, 5.74) is 2.92. The van der Waals surface area contributed by atoms with Crippen LogP contribution in [0.1, 0.15) is 50.7 Å². The molecule has 1 saturated carbocycles. The average Bonchev–Trinajstić information content (AvgIpc) is 3.43. The minimum absolute atomic E-state index is 0.251. The number of anilines is 1. The van der Waals surface area contributed by atoms with Gasteiger partial charge in [-0.15, -0.1) is 0 Å². The Morgan fingerprint density at radius 1 is 1.15 bits per heavy atom. The van der Waals surface area contributed by atoms with E-state index < -0.39 is 11.6 Å². The van der Waals surface area contributed by atoms with Gasteiger partial charge in [0.1, 0.15) is 5.60 Å². The van der Waals surface area contributed by atoms with Crippen LogP contribution in [0.5, 0.6) is 0 Å². The van der Waals surface area contributed by atoms with Crippen LogP contribution in [-0.2, 0) is 9.53 Å². The summed E-state index contributed by atoms with van der Waals surface area (Å²) in [6.45, 7) is 8.45. The summed E-state index contributed by atoms with van der Waals surface area (Å²) >= 11 is 0. The fraction of sp³-hybridized carbons (Fsp3) is 0.524. The first-order chi connectivity index (χ1) is 12.7. The van der Waals surface area contributed by atoms with Crippen LogP contribution in [0, 0.1) is 0 Å². The average molecular weight is 372 g/mol. The maximum Gasteiger partial charge on any atom is 0.410 e. The molecule has 1 saturated heterocycles. The molecule has 0 atom stereocenters. The SMILES string of the molecule is CC(C)(C)OC(=O)N1CCN(c2ccc(/C=C/C(=O)O)cc2C2CC2)CC1. The second-order valence-corrected chi connectivity index (χ2v) is 8.22. The second kappa shape index (κ2) is 7.62. The highest BCUT2D eigenvalue weighted by Gasteiger charge is 2.30. The van der Waals surface area contributed by atoms with Crippen LogP contribution in [0.15, 0.2) is 24.3 Å². The van der Waals surface area contributed by atoms with E-state index in [0.29, 0.717) is 19.0 Å². The first-order valence-corrected chi connectivity index (χ1v) is 9.51. The molecule has 1 aliphatic heterocycles. The summed E-state index contributed by atoms with van der Waals surface area (Å²) < 4.78 is 5.46. The Morgan fingerprint density at radius 2 is 1.81 bits per heavy atom. The molecule has 0 spiro atoms. The lowest BCUT2D eigenvalue weighted by Crippen LogP contribution is -2.50. The molecule has 1 N–H and O–H groups in total. The molecule has 1 aromatic carbocycles. The summed E-state index contributed by atoms with van der Waals surface area (Å²) in [7, 11) is 0. The first-order valence-electron chi connectivity index (χ1n) is 9.51. The Bertz CT molecular complexity index is 739. The normalized spacial score (nSPS) is 18.0. The van der Waals surface area contributed by atoms with Gasteiger partial charge in [-0.3, -0.25) is 0 Å². The number of carbonyl (C=O) groups is 2. The number of piperazine rings is 1. The molecule has 1 heterocycles. The molecule has 27 heavy (non-hydrogen) atoms. The minimum Gasteiger partial charge on any atom is -0.478 e. The number of benzene rings is 1. The van der Waals surface area contributed by atoms with E-state index in [9.17, 15) is 9.59 Å². The van der Waals surface area contributed by atoms with Crippen molar-refractivity contribution in [3.8, 4) is 0 Å². The van der Waals surface area contributed by atoms with E-state index in [2.05, 4.69) is 17.0 Å². The van der Waals surface area contributed by atoms with Gasteiger partial charge in [0.25, 0.3) is 0 Å². The third-order valence-electron chi connectivity index (χ3n) is 4.76. The molecule has 2 fully saturated rings. The number of nitrogens with zero attached hydrogens (tertiary/aromatic N) is 2. The van der Waals surface area contributed by atoms with Gasteiger partial charge in [0, 0.05) is 37.9 Å². The highest BCUT2D eigenvalue weighted by Crippen LogP contribution is 2.45. The van der Waals surface area contributed by atoms with E-state index in [1.807, 2.05) is 26.8 Å². The van der Waals surface area contributed by atoms with Crippen LogP contribution in [0.4, 0.5) is 10.5 Å². The number of ether oxygens (including phenoxy) is 1. The topological polar surface area (TPSA) is 70.1 Å². The molecule has 1 aliphatic carbocycles. The number of aliphatic carboxylic acids is 1. The molecule has 0 radical (unpaired) electrons. The molecule has 1 amide bonds. The number of carboxylic acids is 1. The maximum absolute atomic E-state index is 12.2. The smallest absolute Gasteiger partial charge is 0.410 e.